The zero-order valence-corrected chi connectivity index (χ0v) is 16.0. The molecule has 2 aromatic rings. The van der Waals surface area contributed by atoms with Crippen LogP contribution >= 0.6 is 0 Å². The van der Waals surface area contributed by atoms with Crippen molar-refractivity contribution < 1.29 is 14.3 Å². The Labute approximate surface area is 159 Å². The number of hydrogen-bond donors (Lipinski definition) is 2. The summed E-state index contributed by atoms with van der Waals surface area (Å²) in [5, 5.41) is 6.63. The first kappa shape index (κ1) is 20.4. The average Bonchev–Trinajstić information content (AvgIpc) is 2.93. The smallest absolute Gasteiger partial charge is 0.249 e. The van der Waals surface area contributed by atoms with Gasteiger partial charge in [0.05, 0.1) is 6.21 Å². The summed E-state index contributed by atoms with van der Waals surface area (Å²) < 4.78 is 7.02. The summed E-state index contributed by atoms with van der Waals surface area (Å²) in [5.41, 5.74) is 6.46. The molecule has 0 spiro atoms. The third-order valence-electron chi connectivity index (χ3n) is 4.05. The maximum Gasteiger partial charge on any atom is 0.249 e. The normalized spacial score (nSPS) is 10.9. The number of benzene rings is 1. The lowest BCUT2D eigenvalue weighted by Crippen LogP contribution is -2.30. The largest absolute Gasteiger partial charge is 0.385 e. The molecule has 1 aromatic carbocycles. The van der Waals surface area contributed by atoms with Crippen molar-refractivity contribution in [3.63, 3.8) is 0 Å². The van der Waals surface area contributed by atoms with E-state index >= 15 is 0 Å². The Morgan fingerprint density at radius 3 is 2.63 bits per heavy atom. The van der Waals surface area contributed by atoms with Gasteiger partial charge in [0.2, 0.25) is 11.8 Å². The summed E-state index contributed by atoms with van der Waals surface area (Å²) in [5.74, 6) is -0.784. The van der Waals surface area contributed by atoms with Gasteiger partial charge < -0.3 is 14.6 Å². The molecule has 2 rings (SSSR count). The number of ether oxygens (including phenoxy) is 1. The molecule has 27 heavy (non-hydrogen) atoms. The Hall–Kier alpha value is -2.93. The van der Waals surface area contributed by atoms with Gasteiger partial charge in [0.15, 0.2) is 0 Å². The van der Waals surface area contributed by atoms with Gasteiger partial charge in [-0.05, 0) is 38.5 Å². The molecular weight excluding hydrogens is 344 g/mol. The second-order valence-electron chi connectivity index (χ2n) is 6.16. The standard InChI is InChI=1S/C20H26N4O3/c1-15-12-17(16(2)24(15)18-8-5-4-6-9-18)14-22-23-20(26)13-19(25)21-10-7-11-27-3/h4-6,8-9,12,14H,7,10-11,13H2,1-3H3,(H,21,25)(H,23,26)/b22-14-. The quantitative estimate of drug-likeness (QED) is 0.307. The van der Waals surface area contributed by atoms with E-state index in [1.54, 1.807) is 13.3 Å². The molecular formula is C20H26N4O3. The maximum atomic E-state index is 11.8. The van der Waals surface area contributed by atoms with Crippen molar-refractivity contribution >= 4 is 18.0 Å². The van der Waals surface area contributed by atoms with Crippen LogP contribution in [-0.4, -0.2) is 42.9 Å². The topological polar surface area (TPSA) is 84.7 Å². The number of hydrazone groups is 1. The number of hydrogen-bond acceptors (Lipinski definition) is 4. The minimum absolute atomic E-state index is 0.257. The second-order valence-corrected chi connectivity index (χ2v) is 6.16. The van der Waals surface area contributed by atoms with Gasteiger partial charge in [-0.2, -0.15) is 5.10 Å². The Morgan fingerprint density at radius 2 is 1.93 bits per heavy atom. The fraction of sp³-hybridized carbons (Fsp3) is 0.350. The van der Waals surface area contributed by atoms with Crippen LogP contribution in [0.5, 0.6) is 0 Å². The Balaban J connectivity index is 1.89. The molecule has 0 radical (unpaired) electrons. The molecule has 2 N–H and O–H groups in total. The van der Waals surface area contributed by atoms with Gasteiger partial charge in [-0.3, -0.25) is 9.59 Å². The lowest BCUT2D eigenvalue weighted by atomic mass is 10.2. The maximum absolute atomic E-state index is 11.8. The van der Waals surface area contributed by atoms with Gasteiger partial charge >= 0.3 is 0 Å². The number of aromatic nitrogens is 1. The van der Waals surface area contributed by atoms with Crippen molar-refractivity contribution in [1.29, 1.82) is 0 Å². The highest BCUT2D eigenvalue weighted by Gasteiger charge is 2.10. The average molecular weight is 370 g/mol. The SMILES string of the molecule is COCCCNC(=O)CC(=O)N/N=C\c1cc(C)n(-c2ccccc2)c1C. The molecule has 144 valence electrons. The first-order chi connectivity index (χ1) is 13.0. The fourth-order valence-electron chi connectivity index (χ4n) is 2.76. The number of amides is 2. The number of carbonyl (C=O) groups is 2. The molecule has 0 aliphatic carbocycles. The van der Waals surface area contributed by atoms with Gasteiger partial charge in [0.1, 0.15) is 6.42 Å². The van der Waals surface area contributed by atoms with Gasteiger partial charge in [0, 0.05) is 42.9 Å². The van der Waals surface area contributed by atoms with Crippen LogP contribution in [0.4, 0.5) is 0 Å². The zero-order valence-electron chi connectivity index (χ0n) is 16.0. The number of nitrogens with one attached hydrogen (secondary N) is 2. The van der Waals surface area contributed by atoms with E-state index in [1.807, 2.05) is 50.2 Å². The molecule has 0 saturated carbocycles. The van der Waals surface area contributed by atoms with Crippen molar-refractivity contribution in [3.05, 3.63) is 53.3 Å². The first-order valence-electron chi connectivity index (χ1n) is 8.85. The summed E-state index contributed by atoms with van der Waals surface area (Å²) in [6.45, 7) is 5.06. The highest BCUT2D eigenvalue weighted by atomic mass is 16.5. The summed E-state index contributed by atoms with van der Waals surface area (Å²) in [6.07, 6.45) is 2.04. The third-order valence-corrected chi connectivity index (χ3v) is 4.05. The van der Waals surface area contributed by atoms with Crippen LogP contribution in [0.3, 0.4) is 0 Å². The van der Waals surface area contributed by atoms with Crippen molar-refractivity contribution in [2.24, 2.45) is 5.10 Å². The lowest BCUT2D eigenvalue weighted by molar-refractivity contribution is -0.129. The number of methoxy groups -OCH3 is 1. The summed E-state index contributed by atoms with van der Waals surface area (Å²) in [4.78, 5) is 23.4. The molecule has 0 bridgehead atoms. The Morgan fingerprint density at radius 1 is 1.19 bits per heavy atom. The van der Waals surface area contributed by atoms with Crippen molar-refractivity contribution in [3.8, 4) is 5.69 Å². The number of nitrogens with zero attached hydrogens (tertiary/aromatic N) is 2. The second kappa shape index (κ2) is 10.3. The van der Waals surface area contributed by atoms with Crippen LogP contribution in [-0.2, 0) is 14.3 Å². The van der Waals surface area contributed by atoms with E-state index < -0.39 is 5.91 Å². The predicted octanol–water partition coefficient (Wildman–Crippen LogP) is 2.09. The lowest BCUT2D eigenvalue weighted by Gasteiger charge is -2.09. The van der Waals surface area contributed by atoms with E-state index in [4.69, 9.17) is 4.74 Å². The summed E-state index contributed by atoms with van der Waals surface area (Å²) >= 11 is 0. The van der Waals surface area contributed by atoms with Crippen LogP contribution in [0, 0.1) is 13.8 Å². The minimum Gasteiger partial charge on any atom is -0.385 e. The van der Waals surface area contributed by atoms with Crippen LogP contribution in [0.15, 0.2) is 41.5 Å². The Bertz CT molecular complexity index is 797. The summed E-state index contributed by atoms with van der Waals surface area (Å²) in [6, 6.07) is 12.0. The third kappa shape index (κ3) is 6.07. The van der Waals surface area contributed by atoms with Gasteiger partial charge in [-0.25, -0.2) is 5.43 Å². The minimum atomic E-state index is -0.452. The molecule has 7 heteroatoms. The van der Waals surface area contributed by atoms with Crippen molar-refractivity contribution in [2.45, 2.75) is 26.7 Å². The first-order valence-corrected chi connectivity index (χ1v) is 8.85. The van der Waals surface area contributed by atoms with Crippen LogP contribution in [0.2, 0.25) is 0 Å². The zero-order chi connectivity index (χ0) is 19.6. The number of para-hydroxylation sites is 1. The number of carbonyl (C=O) groups excluding carboxylic acids is 2. The van der Waals surface area contributed by atoms with Crippen LogP contribution in [0.25, 0.3) is 5.69 Å². The molecule has 0 aliphatic heterocycles. The molecule has 0 unspecified atom stereocenters. The number of rotatable bonds is 9. The van der Waals surface area contributed by atoms with E-state index in [0.717, 1.165) is 22.6 Å². The fourth-order valence-corrected chi connectivity index (χ4v) is 2.76. The molecule has 2 amide bonds. The molecule has 1 heterocycles. The van der Waals surface area contributed by atoms with E-state index in [0.29, 0.717) is 19.6 Å². The highest BCUT2D eigenvalue weighted by molar-refractivity contribution is 5.97. The number of aryl methyl sites for hydroxylation is 1. The highest BCUT2D eigenvalue weighted by Crippen LogP contribution is 2.19. The monoisotopic (exact) mass is 370 g/mol. The molecule has 0 fully saturated rings. The van der Waals surface area contributed by atoms with Gasteiger partial charge in [0.25, 0.3) is 0 Å². The molecule has 7 nitrogen and oxygen atoms in total. The van der Waals surface area contributed by atoms with E-state index in [2.05, 4.69) is 20.4 Å². The van der Waals surface area contributed by atoms with Crippen LogP contribution < -0.4 is 10.7 Å². The van der Waals surface area contributed by atoms with Crippen molar-refractivity contribution in [2.75, 3.05) is 20.3 Å². The van der Waals surface area contributed by atoms with Crippen LogP contribution in [0.1, 0.15) is 29.8 Å². The predicted molar refractivity (Wildman–Crippen MR) is 105 cm³/mol. The Kier molecular flexibility index (Phi) is 7.76. The van der Waals surface area contributed by atoms with E-state index in [1.165, 1.54) is 0 Å². The van der Waals surface area contributed by atoms with E-state index in [-0.39, 0.29) is 12.3 Å². The van der Waals surface area contributed by atoms with E-state index in [9.17, 15) is 9.59 Å². The molecule has 0 aliphatic rings. The molecule has 0 saturated heterocycles. The summed E-state index contributed by atoms with van der Waals surface area (Å²) in [7, 11) is 1.60. The van der Waals surface area contributed by atoms with Crippen molar-refractivity contribution in [1.82, 2.24) is 15.3 Å². The van der Waals surface area contributed by atoms with Gasteiger partial charge in [-0.1, -0.05) is 18.2 Å². The van der Waals surface area contributed by atoms with Gasteiger partial charge in [-0.15, -0.1) is 0 Å². The molecule has 0 atom stereocenters. The molecule has 1 aromatic heterocycles.